The monoisotopic (exact) mass is 386 g/mol. The quantitative estimate of drug-likeness (QED) is 0.801. The summed E-state index contributed by atoms with van der Waals surface area (Å²) in [5, 5.41) is 0. The van der Waals surface area contributed by atoms with Crippen molar-refractivity contribution in [3.63, 3.8) is 0 Å². The fourth-order valence-electron chi connectivity index (χ4n) is 3.10. The van der Waals surface area contributed by atoms with Gasteiger partial charge in [0.05, 0.1) is 20.3 Å². The number of fused-ring (bicyclic) bond motifs is 1. The molecule has 0 spiro atoms. The first-order valence-corrected chi connectivity index (χ1v) is 9.74. The van der Waals surface area contributed by atoms with Crippen molar-refractivity contribution in [2.75, 3.05) is 52.5 Å². The van der Waals surface area contributed by atoms with Crippen LogP contribution >= 0.6 is 0 Å². The van der Waals surface area contributed by atoms with Gasteiger partial charge in [0.25, 0.3) is 0 Å². The number of benzene rings is 1. The zero-order valence-electron chi connectivity index (χ0n) is 17.1. The van der Waals surface area contributed by atoms with Crippen molar-refractivity contribution in [1.29, 1.82) is 0 Å². The second kappa shape index (κ2) is 10.2. The molecule has 2 aromatic rings. The molecule has 3 rings (SSSR count). The van der Waals surface area contributed by atoms with Crippen LogP contribution in [-0.4, -0.2) is 62.4 Å². The maximum atomic E-state index is 6.03. The maximum Gasteiger partial charge on any atom is 0.224 e. The SMILES string of the molecule is COc1ccc2c(c1)CN(Cc1cnc(N(C)C)nc1)CCOCCCCO2. The number of methoxy groups -OCH3 is 1. The Balaban J connectivity index is 1.79. The molecule has 1 aliphatic rings. The second-order valence-electron chi connectivity index (χ2n) is 7.14. The highest BCUT2D eigenvalue weighted by Crippen LogP contribution is 2.26. The molecule has 1 aromatic carbocycles. The summed E-state index contributed by atoms with van der Waals surface area (Å²) in [6, 6.07) is 6.01. The molecule has 0 saturated heterocycles. The van der Waals surface area contributed by atoms with Gasteiger partial charge in [-0.3, -0.25) is 4.90 Å². The molecule has 28 heavy (non-hydrogen) atoms. The molecule has 0 radical (unpaired) electrons. The zero-order chi connectivity index (χ0) is 19.8. The molecule has 0 unspecified atom stereocenters. The molecule has 2 heterocycles. The van der Waals surface area contributed by atoms with E-state index < -0.39 is 0 Å². The Kier molecular flexibility index (Phi) is 7.45. The Hall–Kier alpha value is -2.38. The van der Waals surface area contributed by atoms with E-state index in [1.54, 1.807) is 7.11 Å². The smallest absolute Gasteiger partial charge is 0.224 e. The van der Waals surface area contributed by atoms with Gasteiger partial charge in [-0.15, -0.1) is 0 Å². The molecule has 0 amide bonds. The fourth-order valence-corrected chi connectivity index (χ4v) is 3.10. The highest BCUT2D eigenvalue weighted by Gasteiger charge is 2.14. The molecule has 0 atom stereocenters. The molecule has 7 nitrogen and oxygen atoms in total. The fraction of sp³-hybridized carbons (Fsp3) is 0.524. The predicted molar refractivity (Wildman–Crippen MR) is 109 cm³/mol. The van der Waals surface area contributed by atoms with E-state index in [0.717, 1.165) is 61.7 Å². The highest BCUT2D eigenvalue weighted by atomic mass is 16.5. The molecule has 1 aromatic heterocycles. The van der Waals surface area contributed by atoms with Gasteiger partial charge in [-0.05, 0) is 31.0 Å². The molecular formula is C21H30N4O3. The van der Waals surface area contributed by atoms with E-state index in [2.05, 4.69) is 20.9 Å². The van der Waals surface area contributed by atoms with Crippen LogP contribution in [0.4, 0.5) is 5.95 Å². The van der Waals surface area contributed by atoms with E-state index in [1.165, 1.54) is 0 Å². The van der Waals surface area contributed by atoms with Crippen LogP contribution in [0.5, 0.6) is 11.5 Å². The molecular weight excluding hydrogens is 356 g/mol. The van der Waals surface area contributed by atoms with Gasteiger partial charge < -0.3 is 19.1 Å². The summed E-state index contributed by atoms with van der Waals surface area (Å²) in [6.07, 6.45) is 5.78. The van der Waals surface area contributed by atoms with Gasteiger partial charge in [0.2, 0.25) is 5.95 Å². The molecule has 0 bridgehead atoms. The molecule has 7 heteroatoms. The summed E-state index contributed by atoms with van der Waals surface area (Å²) in [6.45, 7) is 4.48. The Labute approximate surface area is 167 Å². The van der Waals surface area contributed by atoms with E-state index in [9.17, 15) is 0 Å². The van der Waals surface area contributed by atoms with E-state index in [4.69, 9.17) is 14.2 Å². The lowest BCUT2D eigenvalue weighted by Gasteiger charge is -2.25. The number of rotatable bonds is 4. The van der Waals surface area contributed by atoms with Crippen molar-refractivity contribution in [3.8, 4) is 11.5 Å². The lowest BCUT2D eigenvalue weighted by Crippen LogP contribution is -2.28. The van der Waals surface area contributed by atoms with Crippen LogP contribution in [0.2, 0.25) is 0 Å². The lowest BCUT2D eigenvalue weighted by atomic mass is 10.1. The Morgan fingerprint density at radius 3 is 2.64 bits per heavy atom. The van der Waals surface area contributed by atoms with Crippen LogP contribution in [0.3, 0.4) is 0 Å². The first-order chi connectivity index (χ1) is 13.7. The third-order valence-electron chi connectivity index (χ3n) is 4.65. The number of hydrogen-bond donors (Lipinski definition) is 0. The third-order valence-corrected chi connectivity index (χ3v) is 4.65. The minimum atomic E-state index is 0.697. The largest absolute Gasteiger partial charge is 0.497 e. The normalized spacial score (nSPS) is 16.2. The lowest BCUT2D eigenvalue weighted by molar-refractivity contribution is 0.0908. The summed E-state index contributed by atoms with van der Waals surface area (Å²) in [7, 11) is 5.56. The van der Waals surface area contributed by atoms with Crippen LogP contribution in [0.25, 0.3) is 0 Å². The van der Waals surface area contributed by atoms with Crippen molar-refractivity contribution in [1.82, 2.24) is 14.9 Å². The van der Waals surface area contributed by atoms with Crippen molar-refractivity contribution >= 4 is 5.95 Å². The summed E-state index contributed by atoms with van der Waals surface area (Å²) in [4.78, 5) is 13.1. The van der Waals surface area contributed by atoms with E-state index in [-0.39, 0.29) is 0 Å². The molecule has 0 saturated carbocycles. The van der Waals surface area contributed by atoms with Crippen LogP contribution in [-0.2, 0) is 17.8 Å². The topological polar surface area (TPSA) is 60.0 Å². The predicted octanol–water partition coefficient (Wildman–Crippen LogP) is 2.74. The van der Waals surface area contributed by atoms with Gasteiger partial charge in [0.15, 0.2) is 0 Å². The van der Waals surface area contributed by atoms with Crippen LogP contribution in [0, 0.1) is 0 Å². The van der Waals surface area contributed by atoms with Crippen molar-refractivity contribution < 1.29 is 14.2 Å². The molecule has 0 N–H and O–H groups in total. The number of hydrogen-bond acceptors (Lipinski definition) is 7. The Bertz CT molecular complexity index is 737. The minimum absolute atomic E-state index is 0.697. The first kappa shape index (κ1) is 20.4. The van der Waals surface area contributed by atoms with Crippen molar-refractivity contribution in [3.05, 3.63) is 41.7 Å². The van der Waals surface area contributed by atoms with Crippen LogP contribution in [0.15, 0.2) is 30.6 Å². The average molecular weight is 386 g/mol. The molecule has 152 valence electrons. The summed E-state index contributed by atoms with van der Waals surface area (Å²) in [5.74, 6) is 2.47. The van der Waals surface area contributed by atoms with Gasteiger partial charge in [-0.2, -0.15) is 0 Å². The number of anilines is 1. The Morgan fingerprint density at radius 1 is 1.11 bits per heavy atom. The first-order valence-electron chi connectivity index (χ1n) is 9.74. The molecule has 0 fully saturated rings. The van der Waals surface area contributed by atoms with Gasteiger partial charge in [-0.25, -0.2) is 9.97 Å². The van der Waals surface area contributed by atoms with Crippen molar-refractivity contribution in [2.45, 2.75) is 25.9 Å². The van der Waals surface area contributed by atoms with Gasteiger partial charge in [-0.1, -0.05) is 0 Å². The van der Waals surface area contributed by atoms with Crippen LogP contribution in [0.1, 0.15) is 24.0 Å². The standard InChI is InChI=1S/C21H30N4O3/c1-24(2)21-22-13-17(14-23-21)15-25-8-11-27-9-4-5-10-28-20-7-6-19(26-3)12-18(20)16-25/h6-7,12-14H,4-5,8-11,15-16H2,1-3H3. The summed E-state index contributed by atoms with van der Waals surface area (Å²) < 4.78 is 17.2. The Morgan fingerprint density at radius 2 is 1.89 bits per heavy atom. The molecule has 1 aliphatic heterocycles. The number of ether oxygens (including phenoxy) is 3. The zero-order valence-corrected chi connectivity index (χ0v) is 17.1. The summed E-state index contributed by atoms with van der Waals surface area (Å²) >= 11 is 0. The van der Waals surface area contributed by atoms with Gasteiger partial charge >= 0.3 is 0 Å². The van der Waals surface area contributed by atoms with E-state index >= 15 is 0 Å². The van der Waals surface area contributed by atoms with E-state index in [1.807, 2.05) is 43.5 Å². The minimum Gasteiger partial charge on any atom is -0.497 e. The highest BCUT2D eigenvalue weighted by molar-refractivity contribution is 5.40. The second-order valence-corrected chi connectivity index (χ2v) is 7.14. The maximum absolute atomic E-state index is 6.03. The van der Waals surface area contributed by atoms with Crippen LogP contribution < -0.4 is 14.4 Å². The third kappa shape index (κ3) is 5.81. The van der Waals surface area contributed by atoms with Gasteiger partial charge in [0.1, 0.15) is 11.5 Å². The number of nitrogens with zero attached hydrogens (tertiary/aromatic N) is 4. The van der Waals surface area contributed by atoms with E-state index in [0.29, 0.717) is 19.2 Å². The number of aromatic nitrogens is 2. The van der Waals surface area contributed by atoms with Crippen molar-refractivity contribution in [2.24, 2.45) is 0 Å². The molecule has 0 aliphatic carbocycles. The summed E-state index contributed by atoms with van der Waals surface area (Å²) in [5.41, 5.74) is 2.19. The van der Waals surface area contributed by atoms with Gasteiger partial charge in [0, 0.05) is 63.9 Å². The average Bonchev–Trinajstić information content (AvgIpc) is 2.69.